The van der Waals surface area contributed by atoms with E-state index in [-0.39, 0.29) is 0 Å². The van der Waals surface area contributed by atoms with E-state index in [1.54, 1.807) is 18.6 Å². The second-order valence-corrected chi connectivity index (χ2v) is 11.1. The van der Waals surface area contributed by atoms with Gasteiger partial charge in [-0.2, -0.15) is 15.0 Å². The van der Waals surface area contributed by atoms with Gasteiger partial charge in [-0.25, -0.2) is 19.5 Å². The molecule has 0 aliphatic carbocycles. The van der Waals surface area contributed by atoms with Crippen LogP contribution in [0.5, 0.6) is 0 Å². The van der Waals surface area contributed by atoms with Crippen molar-refractivity contribution < 1.29 is 0 Å². The molecule has 3 aromatic carbocycles. The van der Waals surface area contributed by atoms with Crippen molar-refractivity contribution >= 4 is 65.5 Å². The minimum atomic E-state index is 0.400. The number of rotatable bonds is 3. The van der Waals surface area contributed by atoms with Crippen molar-refractivity contribution in [1.29, 1.82) is 0 Å². The highest BCUT2D eigenvalue weighted by Gasteiger charge is 2.22. The lowest BCUT2D eigenvalue weighted by Gasteiger charge is -2.13. The van der Waals surface area contributed by atoms with Crippen LogP contribution < -0.4 is 0 Å². The van der Waals surface area contributed by atoms with Crippen molar-refractivity contribution in [2.75, 3.05) is 0 Å². The molecule has 7 heterocycles. The summed E-state index contributed by atoms with van der Waals surface area (Å²) in [6.07, 6.45) is 9.07. The van der Waals surface area contributed by atoms with Gasteiger partial charge < -0.3 is 0 Å². The van der Waals surface area contributed by atoms with Crippen LogP contribution in [-0.4, -0.2) is 44.0 Å². The largest absolute Gasteiger partial charge is 0.263 e. The Hall–Kier alpha value is -6.61. The molecule has 0 spiro atoms. The molecular formula is C37H21N9. The SMILES string of the molecule is c1ccc2c(c1)ccc1c(-c3nc(-n4c5ccccc5c5cccnc54)nc(-n4c5ncccc5c5cccnc54)n3)cncc12. The molecule has 0 saturated carbocycles. The van der Waals surface area contributed by atoms with Crippen molar-refractivity contribution in [3.63, 3.8) is 0 Å². The van der Waals surface area contributed by atoms with Gasteiger partial charge in [0.25, 0.3) is 0 Å². The zero-order chi connectivity index (χ0) is 30.2. The Morgan fingerprint density at radius 3 is 1.74 bits per heavy atom. The lowest BCUT2D eigenvalue weighted by atomic mass is 10.0. The van der Waals surface area contributed by atoms with Crippen LogP contribution in [0.4, 0.5) is 0 Å². The number of hydrogen-bond acceptors (Lipinski definition) is 7. The van der Waals surface area contributed by atoms with Gasteiger partial charge in [-0.05, 0) is 58.6 Å². The van der Waals surface area contributed by atoms with Gasteiger partial charge >= 0.3 is 0 Å². The number of fused-ring (bicyclic) bond motifs is 9. The second kappa shape index (κ2) is 9.44. The zero-order valence-electron chi connectivity index (χ0n) is 24.1. The molecule has 0 atom stereocenters. The Bertz CT molecular complexity index is 2590. The molecule has 214 valence electrons. The fourth-order valence-corrected chi connectivity index (χ4v) is 6.64. The zero-order valence-corrected chi connectivity index (χ0v) is 24.1. The molecule has 46 heavy (non-hydrogen) atoms. The van der Waals surface area contributed by atoms with Gasteiger partial charge in [-0.15, -0.1) is 0 Å². The quantitative estimate of drug-likeness (QED) is 0.195. The summed E-state index contributed by atoms with van der Waals surface area (Å²) in [5.41, 5.74) is 3.92. The highest BCUT2D eigenvalue weighted by Crippen LogP contribution is 2.35. The first kappa shape index (κ1) is 24.8. The first-order valence-corrected chi connectivity index (χ1v) is 14.9. The van der Waals surface area contributed by atoms with Gasteiger partial charge in [0.15, 0.2) is 5.82 Å². The number of pyridine rings is 4. The van der Waals surface area contributed by atoms with Gasteiger partial charge in [-0.1, -0.05) is 54.6 Å². The maximum absolute atomic E-state index is 5.15. The fourth-order valence-electron chi connectivity index (χ4n) is 6.64. The molecule has 0 fully saturated rings. The molecule has 0 unspecified atom stereocenters. The van der Waals surface area contributed by atoms with Crippen LogP contribution in [0.25, 0.3) is 88.8 Å². The smallest absolute Gasteiger partial charge is 0.242 e. The van der Waals surface area contributed by atoms with Gasteiger partial charge in [-0.3, -0.25) is 9.55 Å². The summed E-state index contributed by atoms with van der Waals surface area (Å²) in [6, 6.07) is 32.7. The monoisotopic (exact) mass is 591 g/mol. The van der Waals surface area contributed by atoms with E-state index in [1.165, 1.54) is 0 Å². The Kier molecular flexibility index (Phi) is 5.09. The van der Waals surface area contributed by atoms with Gasteiger partial charge in [0.05, 0.1) is 5.52 Å². The molecule has 0 bridgehead atoms. The van der Waals surface area contributed by atoms with Crippen LogP contribution in [-0.2, 0) is 0 Å². The maximum Gasteiger partial charge on any atom is 0.242 e. The van der Waals surface area contributed by atoms with E-state index >= 15 is 0 Å². The third-order valence-corrected chi connectivity index (χ3v) is 8.64. The molecule has 10 aromatic rings. The molecule has 0 radical (unpaired) electrons. The van der Waals surface area contributed by atoms with Crippen LogP contribution >= 0.6 is 0 Å². The Balaban J connectivity index is 1.35. The molecule has 0 saturated heterocycles. The second-order valence-electron chi connectivity index (χ2n) is 11.1. The third kappa shape index (κ3) is 3.47. The maximum atomic E-state index is 5.15. The number of hydrogen-bond donors (Lipinski definition) is 0. The van der Waals surface area contributed by atoms with Crippen molar-refractivity contribution in [1.82, 2.24) is 44.0 Å². The minimum absolute atomic E-state index is 0.400. The van der Waals surface area contributed by atoms with Crippen LogP contribution in [0.2, 0.25) is 0 Å². The molecule has 9 heteroatoms. The fraction of sp³-hybridized carbons (Fsp3) is 0. The number of para-hydroxylation sites is 1. The Morgan fingerprint density at radius 2 is 1.00 bits per heavy atom. The number of aromatic nitrogens is 9. The first-order valence-electron chi connectivity index (χ1n) is 14.9. The highest BCUT2D eigenvalue weighted by molar-refractivity contribution is 6.11. The summed E-state index contributed by atoms with van der Waals surface area (Å²) < 4.78 is 3.91. The molecule has 0 aliphatic rings. The standard InChI is InChI=1S/C37H21N9/c1-2-9-23-22(8-1)15-16-24-29(23)20-38-21-30(24)32-42-36(45-31-14-4-3-10-25(31)26-11-5-17-39-33(26)45)44-37(43-32)46-34-27(12-6-18-40-34)28-13-7-19-41-35(28)46/h1-21H. The van der Waals surface area contributed by atoms with E-state index in [0.29, 0.717) is 29.0 Å². The first-order chi connectivity index (χ1) is 22.8. The Morgan fingerprint density at radius 1 is 0.413 bits per heavy atom. The summed E-state index contributed by atoms with van der Waals surface area (Å²) in [4.78, 5) is 34.4. The summed E-state index contributed by atoms with van der Waals surface area (Å²) in [5, 5.41) is 8.29. The van der Waals surface area contributed by atoms with E-state index in [2.05, 4.69) is 47.4 Å². The molecule has 10 rings (SSSR count). The number of benzene rings is 3. The van der Waals surface area contributed by atoms with E-state index in [1.807, 2.05) is 76.1 Å². The topological polar surface area (TPSA) is 100 Å². The normalized spacial score (nSPS) is 11.9. The molecule has 0 aliphatic heterocycles. The summed E-state index contributed by atoms with van der Waals surface area (Å²) >= 11 is 0. The average Bonchev–Trinajstić information content (AvgIpc) is 3.64. The minimum Gasteiger partial charge on any atom is -0.263 e. The van der Waals surface area contributed by atoms with E-state index < -0.39 is 0 Å². The van der Waals surface area contributed by atoms with E-state index in [0.717, 1.165) is 59.8 Å². The van der Waals surface area contributed by atoms with Crippen LogP contribution in [0.3, 0.4) is 0 Å². The summed E-state index contributed by atoms with van der Waals surface area (Å²) in [6.45, 7) is 0. The molecule has 7 aromatic heterocycles. The van der Waals surface area contributed by atoms with Crippen molar-refractivity contribution in [3.05, 3.63) is 128 Å². The average molecular weight is 592 g/mol. The Labute approximate surface area is 260 Å². The molecule has 0 N–H and O–H groups in total. The predicted octanol–water partition coefficient (Wildman–Crippen LogP) is 7.62. The summed E-state index contributed by atoms with van der Waals surface area (Å²) in [7, 11) is 0. The van der Waals surface area contributed by atoms with Gasteiger partial charge in [0.2, 0.25) is 11.9 Å². The molecule has 0 amide bonds. The van der Waals surface area contributed by atoms with E-state index in [4.69, 9.17) is 29.9 Å². The van der Waals surface area contributed by atoms with Crippen molar-refractivity contribution in [2.45, 2.75) is 0 Å². The molecule has 9 nitrogen and oxygen atoms in total. The van der Waals surface area contributed by atoms with Gasteiger partial charge in [0.1, 0.15) is 16.9 Å². The highest BCUT2D eigenvalue weighted by atomic mass is 15.3. The lowest BCUT2D eigenvalue weighted by molar-refractivity contribution is 0.879. The van der Waals surface area contributed by atoms with Crippen LogP contribution in [0, 0.1) is 0 Å². The predicted molar refractivity (Wildman–Crippen MR) is 180 cm³/mol. The number of nitrogens with zero attached hydrogens (tertiary/aromatic N) is 9. The third-order valence-electron chi connectivity index (χ3n) is 8.64. The van der Waals surface area contributed by atoms with Crippen molar-refractivity contribution in [3.8, 4) is 23.3 Å². The van der Waals surface area contributed by atoms with Gasteiger partial charge in [0, 0.05) is 63.5 Å². The van der Waals surface area contributed by atoms with E-state index in [9.17, 15) is 0 Å². The summed E-state index contributed by atoms with van der Waals surface area (Å²) in [5.74, 6) is 1.32. The van der Waals surface area contributed by atoms with Crippen LogP contribution in [0.15, 0.2) is 128 Å². The molecular weight excluding hydrogens is 570 g/mol. The van der Waals surface area contributed by atoms with Crippen molar-refractivity contribution in [2.24, 2.45) is 0 Å². The van der Waals surface area contributed by atoms with Crippen LogP contribution in [0.1, 0.15) is 0 Å². The lowest BCUT2D eigenvalue weighted by Crippen LogP contribution is -2.11.